The van der Waals surface area contributed by atoms with Gasteiger partial charge in [0.2, 0.25) is 0 Å². The minimum absolute atomic E-state index is 0.155. The summed E-state index contributed by atoms with van der Waals surface area (Å²) in [7, 11) is 2.12. The number of benzene rings is 4. The van der Waals surface area contributed by atoms with Crippen molar-refractivity contribution in [2.75, 3.05) is 0 Å². The predicted octanol–water partition coefficient (Wildman–Crippen LogP) is 7.89. The van der Waals surface area contributed by atoms with Gasteiger partial charge in [-0.2, -0.15) is 0 Å². The Bertz CT molecular complexity index is 1220. The first-order valence-corrected chi connectivity index (χ1v) is 12.0. The van der Waals surface area contributed by atoms with Crippen molar-refractivity contribution in [3.8, 4) is 23.0 Å². The summed E-state index contributed by atoms with van der Waals surface area (Å²) in [4.78, 5) is 22.9. The number of nitrogens with zero attached hydrogens (tertiary/aromatic N) is 2. The van der Waals surface area contributed by atoms with Crippen molar-refractivity contribution >= 4 is 33.0 Å². The molecule has 0 saturated heterocycles. The van der Waals surface area contributed by atoms with Crippen molar-refractivity contribution in [2.45, 2.75) is 9.79 Å². The van der Waals surface area contributed by atoms with Gasteiger partial charge in [0.05, 0.1) is 31.8 Å². The summed E-state index contributed by atoms with van der Waals surface area (Å²) in [5, 5.41) is 23.3. The van der Waals surface area contributed by atoms with Crippen molar-refractivity contribution < 1.29 is 19.3 Å². The van der Waals surface area contributed by atoms with Crippen molar-refractivity contribution in [3.63, 3.8) is 0 Å². The molecule has 4 aromatic rings. The maximum atomic E-state index is 11.6. The molecule has 0 N–H and O–H groups in total. The van der Waals surface area contributed by atoms with Gasteiger partial charge in [-0.25, -0.2) is 0 Å². The highest BCUT2D eigenvalue weighted by Crippen LogP contribution is 2.46. The van der Waals surface area contributed by atoms with Gasteiger partial charge in [-0.3, -0.25) is 20.2 Å². The summed E-state index contributed by atoms with van der Waals surface area (Å²) in [6.45, 7) is 0. The summed E-state index contributed by atoms with van der Waals surface area (Å²) < 4.78 is 11.4. The van der Waals surface area contributed by atoms with Crippen LogP contribution >= 0.6 is 21.6 Å². The smallest absolute Gasteiger partial charge is 0.287 e. The van der Waals surface area contributed by atoms with E-state index in [1.54, 1.807) is 72.8 Å². The Labute approximate surface area is 202 Å². The number of nitro benzene ring substituents is 2. The molecule has 0 saturated carbocycles. The van der Waals surface area contributed by atoms with Crippen LogP contribution in [0.1, 0.15) is 0 Å². The van der Waals surface area contributed by atoms with Gasteiger partial charge in [-0.05, 0) is 70.1 Å². The van der Waals surface area contributed by atoms with Gasteiger partial charge < -0.3 is 9.47 Å². The first-order chi connectivity index (χ1) is 16.5. The van der Waals surface area contributed by atoms with Crippen molar-refractivity contribution in [3.05, 3.63) is 117 Å². The molecule has 0 spiro atoms. The standard InChI is InChI=1S/C24H16N2O6S2/c27-25(28)21-15-19(31-17-7-3-1-4-8-17)11-13-23(21)33-34-24-14-12-20(16-22(24)26(29)30)32-18-9-5-2-6-10-18/h1-16H. The largest absolute Gasteiger partial charge is 0.457 e. The lowest BCUT2D eigenvalue weighted by Crippen LogP contribution is -1.93. The zero-order valence-corrected chi connectivity index (χ0v) is 19.0. The lowest BCUT2D eigenvalue weighted by molar-refractivity contribution is -0.388. The number of nitro groups is 2. The lowest BCUT2D eigenvalue weighted by Gasteiger charge is -2.09. The zero-order chi connectivity index (χ0) is 23.9. The molecule has 0 aliphatic carbocycles. The van der Waals surface area contributed by atoms with E-state index >= 15 is 0 Å². The topological polar surface area (TPSA) is 105 Å². The lowest BCUT2D eigenvalue weighted by atomic mass is 10.3. The minimum Gasteiger partial charge on any atom is -0.457 e. The second kappa shape index (κ2) is 10.7. The summed E-state index contributed by atoms with van der Waals surface area (Å²) in [5.41, 5.74) is -0.310. The van der Waals surface area contributed by atoms with Gasteiger partial charge in [0, 0.05) is 0 Å². The van der Waals surface area contributed by atoms with Crippen LogP contribution < -0.4 is 9.47 Å². The number of hydrogen-bond acceptors (Lipinski definition) is 8. The third-order valence-corrected chi connectivity index (χ3v) is 6.89. The van der Waals surface area contributed by atoms with Gasteiger partial charge >= 0.3 is 0 Å². The molecular weight excluding hydrogens is 476 g/mol. The van der Waals surface area contributed by atoms with E-state index in [9.17, 15) is 20.2 Å². The molecule has 4 rings (SSSR count). The van der Waals surface area contributed by atoms with Crippen LogP contribution in [0.5, 0.6) is 23.0 Å². The summed E-state index contributed by atoms with van der Waals surface area (Å²) >= 11 is 0. The van der Waals surface area contributed by atoms with Crippen LogP contribution in [0.4, 0.5) is 11.4 Å². The molecule has 10 heteroatoms. The third-order valence-electron chi connectivity index (χ3n) is 4.43. The van der Waals surface area contributed by atoms with E-state index in [-0.39, 0.29) is 11.4 Å². The third kappa shape index (κ3) is 5.85. The van der Waals surface area contributed by atoms with E-state index in [0.29, 0.717) is 32.8 Å². The molecule has 4 aromatic carbocycles. The summed E-state index contributed by atoms with van der Waals surface area (Å²) in [5.74, 6) is 1.75. The van der Waals surface area contributed by atoms with Crippen LogP contribution in [0.2, 0.25) is 0 Å². The number of rotatable bonds is 9. The molecule has 34 heavy (non-hydrogen) atoms. The number of hydrogen-bond donors (Lipinski definition) is 0. The molecule has 0 radical (unpaired) electrons. The predicted molar refractivity (Wildman–Crippen MR) is 131 cm³/mol. The average Bonchev–Trinajstić information content (AvgIpc) is 2.85. The Morgan fingerprint density at radius 3 is 1.26 bits per heavy atom. The molecule has 8 nitrogen and oxygen atoms in total. The molecule has 0 unspecified atom stereocenters. The SMILES string of the molecule is O=[N+]([O-])c1cc(Oc2ccccc2)ccc1SSc1ccc(Oc2ccccc2)cc1[N+](=O)[O-]. The van der Waals surface area contributed by atoms with Gasteiger partial charge in [0.1, 0.15) is 23.0 Å². The van der Waals surface area contributed by atoms with Crippen molar-refractivity contribution in [2.24, 2.45) is 0 Å². The van der Waals surface area contributed by atoms with Crippen molar-refractivity contribution in [1.82, 2.24) is 0 Å². The van der Waals surface area contributed by atoms with Crippen LogP contribution in [0, 0.1) is 20.2 Å². The maximum absolute atomic E-state index is 11.6. The molecule has 0 heterocycles. The van der Waals surface area contributed by atoms with E-state index in [1.165, 1.54) is 12.1 Å². The van der Waals surface area contributed by atoms with Gasteiger partial charge in [0.25, 0.3) is 11.4 Å². The van der Waals surface area contributed by atoms with Crippen LogP contribution in [0.25, 0.3) is 0 Å². The Kier molecular flexibility index (Phi) is 7.31. The first-order valence-electron chi connectivity index (χ1n) is 9.87. The number of para-hydroxylation sites is 2. The van der Waals surface area contributed by atoms with Crippen LogP contribution in [-0.4, -0.2) is 9.85 Å². The number of ether oxygens (including phenoxy) is 2. The van der Waals surface area contributed by atoms with E-state index in [0.717, 1.165) is 21.6 Å². The summed E-state index contributed by atoms with van der Waals surface area (Å²) in [6, 6.07) is 26.9. The molecule has 0 fully saturated rings. The Morgan fingerprint density at radius 2 is 0.912 bits per heavy atom. The second-order valence-corrected chi connectivity index (χ2v) is 8.98. The highest BCUT2D eigenvalue weighted by Gasteiger charge is 2.21. The van der Waals surface area contributed by atoms with E-state index in [1.807, 2.05) is 12.1 Å². The Balaban J connectivity index is 1.52. The molecule has 0 bridgehead atoms. The quantitative estimate of drug-likeness (QED) is 0.132. The molecule has 0 amide bonds. The van der Waals surface area contributed by atoms with Crippen molar-refractivity contribution in [1.29, 1.82) is 0 Å². The van der Waals surface area contributed by atoms with Crippen LogP contribution in [0.15, 0.2) is 107 Å². The van der Waals surface area contributed by atoms with Crippen LogP contribution in [-0.2, 0) is 0 Å². The zero-order valence-electron chi connectivity index (χ0n) is 17.4. The van der Waals surface area contributed by atoms with E-state index in [4.69, 9.17) is 9.47 Å². The summed E-state index contributed by atoms with van der Waals surface area (Å²) in [6.07, 6.45) is 0. The molecule has 0 aliphatic heterocycles. The fourth-order valence-corrected chi connectivity index (χ4v) is 5.14. The second-order valence-electron chi connectivity index (χ2n) is 6.77. The van der Waals surface area contributed by atoms with Crippen LogP contribution in [0.3, 0.4) is 0 Å². The normalized spacial score (nSPS) is 10.5. The molecule has 170 valence electrons. The minimum atomic E-state index is -0.508. The average molecular weight is 493 g/mol. The fourth-order valence-electron chi connectivity index (χ4n) is 2.89. The van der Waals surface area contributed by atoms with E-state index < -0.39 is 9.85 Å². The van der Waals surface area contributed by atoms with Gasteiger partial charge in [-0.1, -0.05) is 36.4 Å². The Hall–Kier alpha value is -4.02. The highest BCUT2D eigenvalue weighted by molar-refractivity contribution is 8.76. The fraction of sp³-hybridized carbons (Fsp3) is 0. The maximum Gasteiger partial charge on any atom is 0.287 e. The van der Waals surface area contributed by atoms with E-state index in [2.05, 4.69) is 0 Å². The highest BCUT2D eigenvalue weighted by atomic mass is 33.1. The molecular formula is C24H16N2O6S2. The van der Waals surface area contributed by atoms with Gasteiger partial charge in [0.15, 0.2) is 0 Å². The monoisotopic (exact) mass is 492 g/mol. The molecule has 0 atom stereocenters. The van der Waals surface area contributed by atoms with Gasteiger partial charge in [-0.15, -0.1) is 0 Å². The first kappa shape index (κ1) is 23.1. The Morgan fingerprint density at radius 1 is 0.529 bits per heavy atom. The molecule has 0 aromatic heterocycles. The molecule has 0 aliphatic rings.